The zero-order valence-corrected chi connectivity index (χ0v) is 9.68. The van der Waals surface area contributed by atoms with Crippen LogP contribution in [0.3, 0.4) is 0 Å². The van der Waals surface area contributed by atoms with Crippen molar-refractivity contribution in [3.63, 3.8) is 0 Å². The highest BCUT2D eigenvalue weighted by Crippen LogP contribution is 2.34. The highest BCUT2D eigenvalue weighted by atomic mass is 15.2. The second-order valence-electron chi connectivity index (χ2n) is 6.16. The van der Waals surface area contributed by atoms with Crippen molar-refractivity contribution in [3.05, 3.63) is 0 Å². The van der Waals surface area contributed by atoms with Gasteiger partial charge < -0.3 is 10.6 Å². The summed E-state index contributed by atoms with van der Waals surface area (Å²) in [6, 6.07) is 0. The Kier molecular flexibility index (Phi) is 2.61. The maximum absolute atomic E-state index is 6.26. The van der Waals surface area contributed by atoms with Gasteiger partial charge in [-0.05, 0) is 50.6 Å². The molecule has 2 nitrogen and oxygen atoms in total. The summed E-state index contributed by atoms with van der Waals surface area (Å²) < 4.78 is 0. The smallest absolute Gasteiger partial charge is 0.0283 e. The predicted octanol–water partition coefficient (Wildman–Crippen LogP) is 1.99. The first-order valence-electron chi connectivity index (χ1n) is 6.01. The summed E-state index contributed by atoms with van der Waals surface area (Å²) in [5.74, 6) is 0. The number of hydrogen-bond donors (Lipinski definition) is 1. The number of piperidine rings is 1. The fourth-order valence-electron chi connectivity index (χ4n) is 2.55. The van der Waals surface area contributed by atoms with E-state index in [2.05, 4.69) is 18.7 Å². The number of hydrogen-bond acceptors (Lipinski definition) is 2. The minimum absolute atomic E-state index is 0.182. The molecule has 1 saturated heterocycles. The summed E-state index contributed by atoms with van der Waals surface area (Å²) in [5.41, 5.74) is 7.01. The summed E-state index contributed by atoms with van der Waals surface area (Å²) in [7, 11) is 0. The van der Waals surface area contributed by atoms with E-state index in [9.17, 15) is 0 Å². The number of nitrogens with two attached hydrogens (primary N) is 1. The third-order valence-corrected chi connectivity index (χ3v) is 4.10. The molecule has 2 heteroatoms. The first-order chi connectivity index (χ1) is 6.49. The van der Waals surface area contributed by atoms with Gasteiger partial charge in [0, 0.05) is 12.1 Å². The molecule has 82 valence electrons. The van der Waals surface area contributed by atoms with E-state index in [0.29, 0.717) is 5.41 Å². The first-order valence-corrected chi connectivity index (χ1v) is 6.01. The minimum Gasteiger partial charge on any atom is -0.324 e. The molecule has 0 spiro atoms. The highest BCUT2D eigenvalue weighted by Gasteiger charge is 2.36. The molecule has 1 aliphatic heterocycles. The fraction of sp³-hybridized carbons (Fsp3) is 1.00. The third-order valence-electron chi connectivity index (χ3n) is 4.10. The van der Waals surface area contributed by atoms with Crippen LogP contribution >= 0.6 is 0 Å². The van der Waals surface area contributed by atoms with Gasteiger partial charge in [-0.1, -0.05) is 13.8 Å². The van der Waals surface area contributed by atoms with Crippen LogP contribution in [0.4, 0.5) is 0 Å². The topological polar surface area (TPSA) is 29.3 Å². The molecule has 0 aromatic rings. The summed E-state index contributed by atoms with van der Waals surface area (Å²) >= 11 is 0. The summed E-state index contributed by atoms with van der Waals surface area (Å²) in [5, 5.41) is 0. The second-order valence-corrected chi connectivity index (χ2v) is 6.16. The van der Waals surface area contributed by atoms with Crippen LogP contribution < -0.4 is 5.73 Å². The van der Waals surface area contributed by atoms with Gasteiger partial charge in [0.15, 0.2) is 0 Å². The lowest BCUT2D eigenvalue weighted by molar-refractivity contribution is 0.0840. The highest BCUT2D eigenvalue weighted by molar-refractivity contribution is 4.96. The molecule has 0 bridgehead atoms. The Labute approximate surface area is 87.8 Å². The Bertz CT molecular complexity index is 196. The monoisotopic (exact) mass is 196 g/mol. The van der Waals surface area contributed by atoms with Gasteiger partial charge in [0.1, 0.15) is 0 Å². The van der Waals surface area contributed by atoms with E-state index in [1.807, 2.05) is 0 Å². The Morgan fingerprint density at radius 1 is 1.07 bits per heavy atom. The van der Waals surface area contributed by atoms with Crippen LogP contribution in [0.2, 0.25) is 0 Å². The standard InChI is InChI=1S/C12H24N2/c1-11(2)6-8-14(9-7-11)10-12(13)4-3-5-12/h3-10,13H2,1-2H3. The van der Waals surface area contributed by atoms with Crippen LogP contribution in [-0.4, -0.2) is 30.1 Å². The average molecular weight is 196 g/mol. The molecule has 0 unspecified atom stereocenters. The van der Waals surface area contributed by atoms with Crippen molar-refractivity contribution >= 4 is 0 Å². The normalized spacial score (nSPS) is 31.1. The van der Waals surface area contributed by atoms with Crippen molar-refractivity contribution in [2.45, 2.75) is 51.5 Å². The van der Waals surface area contributed by atoms with Crippen LogP contribution in [0.1, 0.15) is 46.0 Å². The van der Waals surface area contributed by atoms with E-state index in [4.69, 9.17) is 5.73 Å². The number of likely N-dealkylation sites (tertiary alicyclic amines) is 1. The summed E-state index contributed by atoms with van der Waals surface area (Å²) in [4.78, 5) is 2.57. The van der Waals surface area contributed by atoms with Crippen LogP contribution in [0.25, 0.3) is 0 Å². The molecule has 2 rings (SSSR count). The van der Waals surface area contributed by atoms with E-state index in [0.717, 1.165) is 6.54 Å². The summed E-state index contributed by atoms with van der Waals surface area (Å²) in [6.07, 6.45) is 6.50. The first kappa shape index (κ1) is 10.4. The van der Waals surface area contributed by atoms with Gasteiger partial charge in [-0.2, -0.15) is 0 Å². The molecule has 0 amide bonds. The molecule has 2 aliphatic rings. The van der Waals surface area contributed by atoms with Crippen molar-refractivity contribution in [2.24, 2.45) is 11.1 Å². The van der Waals surface area contributed by atoms with E-state index >= 15 is 0 Å². The van der Waals surface area contributed by atoms with Gasteiger partial charge in [-0.25, -0.2) is 0 Å². The van der Waals surface area contributed by atoms with Crippen LogP contribution in [0.15, 0.2) is 0 Å². The molecular formula is C12H24N2. The molecule has 14 heavy (non-hydrogen) atoms. The second kappa shape index (κ2) is 3.49. The quantitative estimate of drug-likeness (QED) is 0.732. The van der Waals surface area contributed by atoms with Gasteiger partial charge in [-0.3, -0.25) is 0 Å². The van der Waals surface area contributed by atoms with E-state index < -0.39 is 0 Å². The molecule has 0 aromatic heterocycles. The van der Waals surface area contributed by atoms with E-state index in [1.54, 1.807) is 0 Å². The van der Waals surface area contributed by atoms with Gasteiger partial charge in [0.25, 0.3) is 0 Å². The SMILES string of the molecule is CC1(C)CCN(CC2(N)CCC2)CC1. The Hall–Kier alpha value is -0.0800. The van der Waals surface area contributed by atoms with Crippen LogP contribution in [0.5, 0.6) is 0 Å². The van der Waals surface area contributed by atoms with Gasteiger partial charge in [0.05, 0.1) is 0 Å². The van der Waals surface area contributed by atoms with Crippen molar-refractivity contribution in [1.82, 2.24) is 4.90 Å². The van der Waals surface area contributed by atoms with Gasteiger partial charge in [-0.15, -0.1) is 0 Å². The van der Waals surface area contributed by atoms with Crippen molar-refractivity contribution in [2.75, 3.05) is 19.6 Å². The van der Waals surface area contributed by atoms with E-state index in [1.165, 1.54) is 45.2 Å². The molecule has 0 aromatic carbocycles. The molecule has 1 aliphatic carbocycles. The maximum Gasteiger partial charge on any atom is 0.0283 e. The van der Waals surface area contributed by atoms with Gasteiger partial charge in [0.2, 0.25) is 0 Å². The zero-order chi connectivity index (χ0) is 10.2. The molecule has 2 fully saturated rings. The predicted molar refractivity (Wildman–Crippen MR) is 60.2 cm³/mol. The average Bonchev–Trinajstić information content (AvgIpc) is 2.06. The minimum atomic E-state index is 0.182. The Morgan fingerprint density at radius 2 is 1.64 bits per heavy atom. The molecular weight excluding hydrogens is 172 g/mol. The maximum atomic E-state index is 6.26. The zero-order valence-electron chi connectivity index (χ0n) is 9.68. The lowest BCUT2D eigenvalue weighted by atomic mass is 9.76. The Balaban J connectivity index is 1.78. The molecule has 1 heterocycles. The Morgan fingerprint density at radius 3 is 2.07 bits per heavy atom. The largest absolute Gasteiger partial charge is 0.324 e. The van der Waals surface area contributed by atoms with Crippen LogP contribution in [-0.2, 0) is 0 Å². The molecule has 1 saturated carbocycles. The lowest BCUT2D eigenvalue weighted by Crippen LogP contribution is -2.56. The van der Waals surface area contributed by atoms with E-state index in [-0.39, 0.29) is 5.54 Å². The van der Waals surface area contributed by atoms with Crippen molar-refractivity contribution < 1.29 is 0 Å². The molecule has 2 N–H and O–H groups in total. The molecule has 0 radical (unpaired) electrons. The van der Waals surface area contributed by atoms with Crippen molar-refractivity contribution in [1.29, 1.82) is 0 Å². The number of nitrogens with zero attached hydrogens (tertiary/aromatic N) is 1. The van der Waals surface area contributed by atoms with Gasteiger partial charge >= 0.3 is 0 Å². The summed E-state index contributed by atoms with van der Waals surface area (Å²) in [6.45, 7) is 8.42. The third kappa shape index (κ3) is 2.29. The fourth-order valence-corrected chi connectivity index (χ4v) is 2.55. The lowest BCUT2D eigenvalue weighted by Gasteiger charge is -2.45. The number of rotatable bonds is 2. The van der Waals surface area contributed by atoms with Crippen LogP contribution in [0, 0.1) is 5.41 Å². The molecule has 0 atom stereocenters. The van der Waals surface area contributed by atoms with Crippen molar-refractivity contribution in [3.8, 4) is 0 Å².